The number of hydrogen-bond donors (Lipinski definition) is 1. The van der Waals surface area contributed by atoms with Gasteiger partial charge < -0.3 is 9.88 Å². The molecule has 3 aromatic rings. The first-order valence-electron chi connectivity index (χ1n) is 7.14. The summed E-state index contributed by atoms with van der Waals surface area (Å²) in [6.45, 7) is 0.445. The number of amides is 1. The molecule has 22 heavy (non-hydrogen) atoms. The van der Waals surface area contributed by atoms with Crippen molar-refractivity contribution in [1.29, 1.82) is 0 Å². The summed E-state index contributed by atoms with van der Waals surface area (Å²) in [5.74, 6) is 0.754. The Kier molecular flexibility index (Phi) is 4.01. The number of nitrogens with one attached hydrogen (secondary N) is 1. The number of carbonyl (C=O) groups excluding carboxylic acids is 1. The van der Waals surface area contributed by atoms with E-state index in [1.807, 2.05) is 60.7 Å². The minimum Gasteiger partial charge on any atom is -0.341 e. The van der Waals surface area contributed by atoms with E-state index in [2.05, 4.69) is 9.97 Å². The summed E-state index contributed by atoms with van der Waals surface area (Å²) >= 11 is 0. The number of imidazole rings is 1. The Morgan fingerprint density at radius 3 is 2.36 bits per heavy atom. The predicted molar refractivity (Wildman–Crippen MR) is 86.3 cm³/mol. The van der Waals surface area contributed by atoms with Gasteiger partial charge in [-0.05, 0) is 17.7 Å². The molecule has 0 aliphatic heterocycles. The Balaban J connectivity index is 1.71. The fourth-order valence-corrected chi connectivity index (χ4v) is 2.30. The van der Waals surface area contributed by atoms with Gasteiger partial charge in [-0.2, -0.15) is 0 Å². The van der Waals surface area contributed by atoms with Crippen LogP contribution in [0.2, 0.25) is 0 Å². The molecule has 0 saturated carbocycles. The highest BCUT2D eigenvalue weighted by molar-refractivity contribution is 5.93. The summed E-state index contributed by atoms with van der Waals surface area (Å²) in [6.07, 6.45) is 1.80. The van der Waals surface area contributed by atoms with Crippen molar-refractivity contribution in [1.82, 2.24) is 14.9 Å². The van der Waals surface area contributed by atoms with E-state index in [0.717, 1.165) is 17.1 Å². The molecule has 0 bridgehead atoms. The molecule has 4 nitrogen and oxygen atoms in total. The van der Waals surface area contributed by atoms with Crippen LogP contribution in [0.5, 0.6) is 0 Å². The van der Waals surface area contributed by atoms with Crippen molar-refractivity contribution in [2.45, 2.75) is 6.54 Å². The molecule has 1 N–H and O–H groups in total. The molecule has 0 radical (unpaired) electrons. The Bertz CT molecular complexity index is 750. The van der Waals surface area contributed by atoms with Crippen LogP contribution in [-0.4, -0.2) is 27.8 Å². The molecule has 0 fully saturated rings. The monoisotopic (exact) mass is 291 g/mol. The zero-order chi connectivity index (χ0) is 15.4. The lowest BCUT2D eigenvalue weighted by Crippen LogP contribution is -2.26. The third-order valence-electron chi connectivity index (χ3n) is 3.47. The van der Waals surface area contributed by atoms with Crippen LogP contribution < -0.4 is 0 Å². The molecule has 1 amide bonds. The number of aromatic amines is 1. The number of carbonyl (C=O) groups is 1. The third kappa shape index (κ3) is 3.06. The van der Waals surface area contributed by atoms with Crippen LogP contribution >= 0.6 is 0 Å². The van der Waals surface area contributed by atoms with E-state index in [4.69, 9.17) is 0 Å². The highest BCUT2D eigenvalue weighted by Gasteiger charge is 2.13. The van der Waals surface area contributed by atoms with Crippen molar-refractivity contribution in [3.8, 4) is 11.3 Å². The van der Waals surface area contributed by atoms with E-state index in [-0.39, 0.29) is 5.91 Å². The van der Waals surface area contributed by atoms with Crippen LogP contribution in [0.4, 0.5) is 0 Å². The molecule has 110 valence electrons. The average molecular weight is 291 g/mol. The molecule has 3 rings (SSSR count). The largest absolute Gasteiger partial charge is 0.341 e. The lowest BCUT2D eigenvalue weighted by molar-refractivity contribution is 0.0782. The van der Waals surface area contributed by atoms with Gasteiger partial charge in [0.15, 0.2) is 0 Å². The lowest BCUT2D eigenvalue weighted by Gasteiger charge is -2.15. The number of rotatable bonds is 4. The van der Waals surface area contributed by atoms with E-state index < -0.39 is 0 Å². The predicted octanol–water partition coefficient (Wildman–Crippen LogP) is 3.35. The highest BCUT2D eigenvalue weighted by atomic mass is 16.2. The van der Waals surface area contributed by atoms with Gasteiger partial charge in [0.1, 0.15) is 5.82 Å². The Morgan fingerprint density at radius 1 is 1.05 bits per heavy atom. The summed E-state index contributed by atoms with van der Waals surface area (Å²) in [4.78, 5) is 21.6. The standard InChI is InChI=1S/C18H17N3O/c1-21(18(22)15-10-6-3-7-11-15)13-17-19-12-16(20-17)14-8-4-2-5-9-14/h2-12H,13H2,1H3,(H,19,20). The van der Waals surface area contributed by atoms with Crippen molar-refractivity contribution < 1.29 is 4.79 Å². The van der Waals surface area contributed by atoms with Gasteiger partial charge in [0.25, 0.3) is 5.91 Å². The van der Waals surface area contributed by atoms with Crippen LogP contribution in [0, 0.1) is 0 Å². The fraction of sp³-hybridized carbons (Fsp3) is 0.111. The van der Waals surface area contributed by atoms with Crippen molar-refractivity contribution >= 4 is 5.91 Å². The van der Waals surface area contributed by atoms with Gasteiger partial charge in [0.2, 0.25) is 0 Å². The summed E-state index contributed by atoms with van der Waals surface area (Å²) in [5.41, 5.74) is 2.72. The minimum atomic E-state index is -0.0155. The number of nitrogens with zero attached hydrogens (tertiary/aromatic N) is 2. The maximum Gasteiger partial charge on any atom is 0.253 e. The molecule has 0 aliphatic rings. The van der Waals surface area contributed by atoms with Gasteiger partial charge in [0.05, 0.1) is 18.4 Å². The Labute approximate surface area is 129 Å². The second kappa shape index (κ2) is 6.26. The van der Waals surface area contributed by atoms with Crippen LogP contribution in [0.25, 0.3) is 11.3 Å². The lowest BCUT2D eigenvalue weighted by atomic mass is 10.2. The first-order chi connectivity index (χ1) is 10.7. The first-order valence-corrected chi connectivity index (χ1v) is 7.14. The summed E-state index contributed by atoms with van der Waals surface area (Å²) < 4.78 is 0. The molecule has 0 aliphatic carbocycles. The van der Waals surface area contributed by atoms with Crippen LogP contribution in [-0.2, 0) is 6.54 Å². The van der Waals surface area contributed by atoms with Crippen molar-refractivity contribution in [2.24, 2.45) is 0 Å². The van der Waals surface area contributed by atoms with Crippen LogP contribution in [0.15, 0.2) is 66.9 Å². The van der Waals surface area contributed by atoms with E-state index >= 15 is 0 Å². The van der Waals surface area contributed by atoms with Crippen molar-refractivity contribution in [3.05, 3.63) is 78.2 Å². The molecule has 4 heteroatoms. The molecule has 0 spiro atoms. The van der Waals surface area contributed by atoms with Gasteiger partial charge in [-0.15, -0.1) is 0 Å². The van der Waals surface area contributed by atoms with Gasteiger partial charge in [-0.1, -0.05) is 48.5 Å². The smallest absolute Gasteiger partial charge is 0.253 e. The summed E-state index contributed by atoms with van der Waals surface area (Å²) in [5, 5.41) is 0. The molecular weight excluding hydrogens is 274 g/mol. The second-order valence-electron chi connectivity index (χ2n) is 5.14. The first kappa shape index (κ1) is 14.1. The van der Waals surface area contributed by atoms with Crippen molar-refractivity contribution in [3.63, 3.8) is 0 Å². The SMILES string of the molecule is CN(Cc1ncc(-c2ccccc2)[nH]1)C(=O)c1ccccc1. The fourth-order valence-electron chi connectivity index (χ4n) is 2.30. The van der Waals surface area contributed by atoms with Gasteiger partial charge in [-0.3, -0.25) is 4.79 Å². The molecule has 2 aromatic carbocycles. The maximum atomic E-state index is 12.3. The topological polar surface area (TPSA) is 49.0 Å². The maximum absolute atomic E-state index is 12.3. The minimum absolute atomic E-state index is 0.0155. The number of benzene rings is 2. The van der Waals surface area contributed by atoms with Crippen LogP contribution in [0.1, 0.15) is 16.2 Å². The zero-order valence-electron chi connectivity index (χ0n) is 12.4. The van der Waals surface area contributed by atoms with Crippen LogP contribution in [0.3, 0.4) is 0 Å². The number of hydrogen-bond acceptors (Lipinski definition) is 2. The Morgan fingerprint density at radius 2 is 1.68 bits per heavy atom. The Hall–Kier alpha value is -2.88. The summed E-state index contributed by atoms with van der Waals surface area (Å²) in [7, 11) is 1.78. The van der Waals surface area contributed by atoms with Gasteiger partial charge in [0, 0.05) is 12.6 Å². The zero-order valence-corrected chi connectivity index (χ0v) is 12.4. The van der Waals surface area contributed by atoms with Crippen molar-refractivity contribution in [2.75, 3.05) is 7.05 Å². The summed E-state index contributed by atoms with van der Waals surface area (Å²) in [6, 6.07) is 19.3. The quantitative estimate of drug-likeness (QED) is 0.801. The third-order valence-corrected chi connectivity index (χ3v) is 3.47. The van der Waals surface area contributed by atoms with E-state index in [1.165, 1.54) is 0 Å². The average Bonchev–Trinajstić information content (AvgIpc) is 3.04. The molecule has 0 saturated heterocycles. The normalized spacial score (nSPS) is 10.4. The van der Waals surface area contributed by atoms with Gasteiger partial charge in [-0.25, -0.2) is 4.98 Å². The highest BCUT2D eigenvalue weighted by Crippen LogP contribution is 2.16. The van der Waals surface area contributed by atoms with Gasteiger partial charge >= 0.3 is 0 Å². The molecule has 1 heterocycles. The molecule has 0 unspecified atom stereocenters. The van der Waals surface area contributed by atoms with E-state index in [9.17, 15) is 4.79 Å². The number of aromatic nitrogens is 2. The molecule has 1 aromatic heterocycles. The second-order valence-corrected chi connectivity index (χ2v) is 5.14. The molecular formula is C18H17N3O. The number of H-pyrrole nitrogens is 1. The molecule has 0 atom stereocenters. The van der Waals surface area contributed by atoms with E-state index in [1.54, 1.807) is 18.1 Å². The van der Waals surface area contributed by atoms with E-state index in [0.29, 0.717) is 12.1 Å².